The maximum atomic E-state index is 12.4. The number of nitrogens with zero attached hydrogens (tertiary/aromatic N) is 6. The Kier molecular flexibility index (Phi) is 2.50. The van der Waals surface area contributed by atoms with Crippen LogP contribution in [0.25, 0.3) is 5.52 Å². The molecule has 106 valence electrons. The highest BCUT2D eigenvalue weighted by Crippen LogP contribution is 2.37. The number of carbonyl (C=O) groups excluding carboxylic acids is 1. The van der Waals surface area contributed by atoms with E-state index in [9.17, 15) is 4.79 Å². The molecule has 1 saturated carbocycles. The third kappa shape index (κ3) is 1.95. The highest BCUT2D eigenvalue weighted by atomic mass is 16.1. The summed E-state index contributed by atoms with van der Waals surface area (Å²) in [5.74, 6) is 1.05. The third-order valence-electron chi connectivity index (χ3n) is 3.57. The van der Waals surface area contributed by atoms with Crippen LogP contribution in [0.1, 0.15) is 35.1 Å². The molecule has 0 radical (unpaired) electrons. The van der Waals surface area contributed by atoms with Gasteiger partial charge < -0.3 is 0 Å². The quantitative estimate of drug-likeness (QED) is 0.780. The maximum absolute atomic E-state index is 12.4. The Hall–Kier alpha value is -2.77. The van der Waals surface area contributed by atoms with Gasteiger partial charge in [0.2, 0.25) is 5.95 Å². The predicted molar refractivity (Wildman–Crippen MR) is 74.0 cm³/mol. The number of aromatic nitrogens is 6. The molecule has 3 heterocycles. The summed E-state index contributed by atoms with van der Waals surface area (Å²) in [5.41, 5.74) is 1.12. The number of aryl methyl sites for hydroxylation is 1. The number of hydrogen-bond donors (Lipinski definition) is 1. The standard InChI is InChI=1S/C13H13N7O/c1-8-17-18-13(20(8)9-2-3-9)16-12(21)10-6-15-19-5-4-14-7-11(10)19/h4-7,9H,2-3H2,1H3,(H,16,18,21). The van der Waals surface area contributed by atoms with Crippen molar-refractivity contribution in [1.82, 2.24) is 29.4 Å². The van der Waals surface area contributed by atoms with Crippen molar-refractivity contribution in [1.29, 1.82) is 0 Å². The van der Waals surface area contributed by atoms with E-state index in [0.717, 1.165) is 18.7 Å². The molecular formula is C13H13N7O. The van der Waals surface area contributed by atoms with Gasteiger partial charge in [-0.05, 0) is 19.8 Å². The molecule has 4 rings (SSSR count). The molecule has 1 fully saturated rings. The van der Waals surface area contributed by atoms with Crippen LogP contribution in [0.4, 0.5) is 5.95 Å². The van der Waals surface area contributed by atoms with Crippen molar-refractivity contribution in [3.05, 3.63) is 36.2 Å². The maximum Gasteiger partial charge on any atom is 0.261 e. The van der Waals surface area contributed by atoms with Crippen LogP contribution in [0.2, 0.25) is 0 Å². The van der Waals surface area contributed by atoms with Gasteiger partial charge in [0.15, 0.2) is 0 Å². The first-order valence-electron chi connectivity index (χ1n) is 6.74. The Morgan fingerprint density at radius 3 is 3.00 bits per heavy atom. The molecule has 3 aromatic heterocycles. The molecule has 0 spiro atoms. The van der Waals surface area contributed by atoms with Gasteiger partial charge in [0.25, 0.3) is 5.91 Å². The zero-order chi connectivity index (χ0) is 14.4. The van der Waals surface area contributed by atoms with Crippen LogP contribution in [0.3, 0.4) is 0 Å². The van der Waals surface area contributed by atoms with E-state index in [0.29, 0.717) is 23.1 Å². The number of carbonyl (C=O) groups is 1. The molecule has 1 aliphatic rings. The largest absolute Gasteiger partial charge is 0.294 e. The first-order valence-corrected chi connectivity index (χ1v) is 6.74. The third-order valence-corrected chi connectivity index (χ3v) is 3.57. The molecule has 0 atom stereocenters. The van der Waals surface area contributed by atoms with Gasteiger partial charge in [0.05, 0.1) is 23.5 Å². The number of rotatable bonds is 3. The van der Waals surface area contributed by atoms with Crippen LogP contribution >= 0.6 is 0 Å². The number of fused-ring (bicyclic) bond motifs is 1. The van der Waals surface area contributed by atoms with Crippen molar-refractivity contribution >= 4 is 17.4 Å². The molecule has 1 aliphatic carbocycles. The van der Waals surface area contributed by atoms with E-state index in [4.69, 9.17) is 0 Å². The molecule has 0 saturated heterocycles. The van der Waals surface area contributed by atoms with Crippen LogP contribution in [0.15, 0.2) is 24.8 Å². The van der Waals surface area contributed by atoms with E-state index in [1.807, 2.05) is 11.5 Å². The summed E-state index contributed by atoms with van der Waals surface area (Å²) in [6, 6.07) is 0.404. The molecule has 0 bridgehead atoms. The summed E-state index contributed by atoms with van der Waals surface area (Å²) >= 11 is 0. The molecule has 3 aromatic rings. The van der Waals surface area contributed by atoms with Crippen LogP contribution in [-0.4, -0.2) is 35.3 Å². The van der Waals surface area contributed by atoms with Gasteiger partial charge in [-0.15, -0.1) is 10.2 Å². The number of hydrogen-bond acceptors (Lipinski definition) is 5. The monoisotopic (exact) mass is 283 g/mol. The Morgan fingerprint density at radius 1 is 1.33 bits per heavy atom. The number of amides is 1. The summed E-state index contributed by atoms with van der Waals surface area (Å²) in [5, 5.41) is 15.0. The van der Waals surface area contributed by atoms with Gasteiger partial charge in [-0.1, -0.05) is 0 Å². The normalized spacial score (nSPS) is 14.5. The summed E-state index contributed by atoms with van der Waals surface area (Å²) in [7, 11) is 0. The minimum atomic E-state index is -0.257. The summed E-state index contributed by atoms with van der Waals surface area (Å²) in [4.78, 5) is 16.4. The van der Waals surface area contributed by atoms with Gasteiger partial charge in [-0.3, -0.25) is 19.7 Å². The van der Waals surface area contributed by atoms with Crippen LogP contribution in [0.5, 0.6) is 0 Å². The van der Waals surface area contributed by atoms with E-state index in [1.54, 1.807) is 23.1 Å². The zero-order valence-corrected chi connectivity index (χ0v) is 11.4. The lowest BCUT2D eigenvalue weighted by molar-refractivity contribution is 0.102. The Bertz CT molecular complexity index is 830. The van der Waals surface area contributed by atoms with Gasteiger partial charge >= 0.3 is 0 Å². The fourth-order valence-corrected chi connectivity index (χ4v) is 2.40. The Morgan fingerprint density at radius 2 is 2.19 bits per heavy atom. The number of anilines is 1. The molecule has 1 amide bonds. The molecular weight excluding hydrogens is 270 g/mol. The molecule has 0 unspecified atom stereocenters. The van der Waals surface area contributed by atoms with E-state index in [2.05, 4.69) is 25.6 Å². The van der Waals surface area contributed by atoms with Crippen LogP contribution in [0, 0.1) is 6.92 Å². The minimum Gasteiger partial charge on any atom is -0.294 e. The van der Waals surface area contributed by atoms with E-state index < -0.39 is 0 Å². The highest BCUT2D eigenvalue weighted by Gasteiger charge is 2.29. The fourth-order valence-electron chi connectivity index (χ4n) is 2.40. The SMILES string of the molecule is Cc1nnc(NC(=O)c2cnn3ccncc23)n1C1CC1. The van der Waals surface area contributed by atoms with Crippen molar-refractivity contribution < 1.29 is 4.79 Å². The summed E-state index contributed by atoms with van der Waals surface area (Å²) < 4.78 is 3.58. The van der Waals surface area contributed by atoms with E-state index in [1.165, 1.54) is 6.20 Å². The van der Waals surface area contributed by atoms with Crippen molar-refractivity contribution in [2.45, 2.75) is 25.8 Å². The molecule has 1 N–H and O–H groups in total. The lowest BCUT2D eigenvalue weighted by Crippen LogP contribution is -2.16. The number of nitrogens with one attached hydrogen (secondary N) is 1. The molecule has 8 nitrogen and oxygen atoms in total. The summed E-state index contributed by atoms with van der Waals surface area (Å²) in [6.45, 7) is 1.89. The summed E-state index contributed by atoms with van der Waals surface area (Å²) in [6.07, 6.45) is 8.65. The topological polar surface area (TPSA) is 90.0 Å². The molecule has 21 heavy (non-hydrogen) atoms. The van der Waals surface area contributed by atoms with Crippen LogP contribution < -0.4 is 5.32 Å². The average molecular weight is 283 g/mol. The van der Waals surface area contributed by atoms with Gasteiger partial charge in [-0.2, -0.15) is 5.10 Å². The highest BCUT2D eigenvalue weighted by molar-refractivity contribution is 6.07. The first kappa shape index (κ1) is 12.0. The predicted octanol–water partition coefficient (Wildman–Crippen LogP) is 1.22. The lowest BCUT2D eigenvalue weighted by Gasteiger charge is -2.07. The average Bonchev–Trinajstić information content (AvgIpc) is 3.11. The second kappa shape index (κ2) is 4.37. The van der Waals surface area contributed by atoms with E-state index in [-0.39, 0.29) is 5.91 Å². The molecule has 0 aromatic carbocycles. The second-order valence-electron chi connectivity index (χ2n) is 5.09. The van der Waals surface area contributed by atoms with E-state index >= 15 is 0 Å². The Labute approximate surface area is 119 Å². The first-order chi connectivity index (χ1) is 10.2. The fraction of sp³-hybridized carbons (Fsp3) is 0.308. The molecule has 8 heteroatoms. The van der Waals surface area contributed by atoms with Crippen molar-refractivity contribution in [2.24, 2.45) is 0 Å². The minimum absolute atomic E-state index is 0.257. The zero-order valence-electron chi connectivity index (χ0n) is 11.4. The van der Waals surface area contributed by atoms with Gasteiger partial charge in [0, 0.05) is 18.4 Å². The van der Waals surface area contributed by atoms with Crippen molar-refractivity contribution in [2.75, 3.05) is 5.32 Å². The van der Waals surface area contributed by atoms with Gasteiger partial charge in [-0.25, -0.2) is 4.52 Å². The van der Waals surface area contributed by atoms with Crippen molar-refractivity contribution in [3.8, 4) is 0 Å². The van der Waals surface area contributed by atoms with Crippen LogP contribution in [-0.2, 0) is 0 Å². The Balaban J connectivity index is 1.67. The van der Waals surface area contributed by atoms with Gasteiger partial charge in [0.1, 0.15) is 5.82 Å². The smallest absolute Gasteiger partial charge is 0.261 e. The second-order valence-corrected chi connectivity index (χ2v) is 5.09. The molecule has 0 aliphatic heterocycles. The van der Waals surface area contributed by atoms with Crippen molar-refractivity contribution in [3.63, 3.8) is 0 Å². The lowest BCUT2D eigenvalue weighted by atomic mass is 10.3.